The zero-order chi connectivity index (χ0) is 11.0. The first-order valence-corrected chi connectivity index (χ1v) is 4.41. The summed E-state index contributed by atoms with van der Waals surface area (Å²) in [6.07, 6.45) is 0. The predicted molar refractivity (Wildman–Crippen MR) is 54.7 cm³/mol. The Morgan fingerprint density at radius 2 is 2.13 bits per heavy atom. The number of aromatic amines is 1. The molecule has 15 heavy (non-hydrogen) atoms. The topological polar surface area (TPSA) is 72.3 Å². The summed E-state index contributed by atoms with van der Waals surface area (Å²) >= 11 is 5.81. The van der Waals surface area contributed by atoms with E-state index in [-0.39, 0.29) is 15.9 Å². The van der Waals surface area contributed by atoms with Crippen molar-refractivity contribution in [1.29, 1.82) is 0 Å². The van der Waals surface area contributed by atoms with Crippen molar-refractivity contribution in [2.24, 2.45) is 0 Å². The Morgan fingerprint density at radius 1 is 1.40 bits per heavy atom. The molecule has 0 radical (unpaired) electrons. The van der Waals surface area contributed by atoms with Gasteiger partial charge in [-0.15, -0.1) is 0 Å². The quantitative estimate of drug-likeness (QED) is 0.793. The Balaban J connectivity index is 3.07. The molecule has 1 aromatic heterocycles. The van der Waals surface area contributed by atoms with Crippen LogP contribution in [-0.2, 0) is 0 Å². The summed E-state index contributed by atoms with van der Waals surface area (Å²) in [5.41, 5.74) is -0.538. The molecule has 5 nitrogen and oxygen atoms in total. The van der Waals surface area contributed by atoms with Crippen LogP contribution in [0.3, 0.4) is 0 Å². The van der Waals surface area contributed by atoms with Crippen molar-refractivity contribution in [2.75, 3.05) is 7.11 Å². The molecule has 2 aromatic rings. The molecule has 0 saturated heterocycles. The van der Waals surface area contributed by atoms with Gasteiger partial charge in [0.15, 0.2) is 0 Å². The minimum Gasteiger partial charge on any atom is -0.495 e. The van der Waals surface area contributed by atoms with E-state index < -0.39 is 11.4 Å². The lowest BCUT2D eigenvalue weighted by atomic mass is 10.2. The first-order valence-electron chi connectivity index (χ1n) is 4.03. The summed E-state index contributed by atoms with van der Waals surface area (Å²) in [6.45, 7) is 0. The van der Waals surface area contributed by atoms with Crippen LogP contribution in [-0.4, -0.2) is 12.1 Å². The number of nitrogens with one attached hydrogen (secondary N) is 1. The number of aromatic nitrogens is 1. The third kappa shape index (κ3) is 1.50. The van der Waals surface area contributed by atoms with Crippen LogP contribution >= 0.6 is 11.6 Å². The molecular formula is C9H6ClNO4. The molecule has 6 heteroatoms. The van der Waals surface area contributed by atoms with Crippen LogP contribution in [0.25, 0.3) is 10.9 Å². The van der Waals surface area contributed by atoms with Crippen molar-refractivity contribution >= 4 is 22.5 Å². The highest BCUT2D eigenvalue weighted by Gasteiger charge is 2.11. The Kier molecular flexibility index (Phi) is 2.24. The first-order chi connectivity index (χ1) is 7.13. The number of hydrogen-bond acceptors (Lipinski definition) is 4. The van der Waals surface area contributed by atoms with Gasteiger partial charge in [-0.3, -0.25) is 4.98 Å². The normalized spacial score (nSPS) is 10.5. The molecule has 2 rings (SSSR count). The second-order valence-electron chi connectivity index (χ2n) is 2.80. The number of methoxy groups -OCH3 is 1. The number of hydrogen-bond donors (Lipinski definition) is 1. The molecule has 78 valence electrons. The molecule has 1 aromatic carbocycles. The fourth-order valence-corrected chi connectivity index (χ4v) is 1.55. The minimum absolute atomic E-state index is 0.107. The highest BCUT2D eigenvalue weighted by molar-refractivity contribution is 6.35. The average molecular weight is 228 g/mol. The molecular weight excluding hydrogens is 222 g/mol. The Labute approximate surface area is 88.2 Å². The maximum Gasteiger partial charge on any atom is 0.419 e. The molecule has 0 unspecified atom stereocenters. The summed E-state index contributed by atoms with van der Waals surface area (Å²) in [7, 11) is 1.43. The molecule has 0 amide bonds. The fourth-order valence-electron chi connectivity index (χ4n) is 1.31. The first kappa shape index (κ1) is 9.79. The van der Waals surface area contributed by atoms with E-state index in [1.807, 2.05) is 0 Å². The zero-order valence-corrected chi connectivity index (χ0v) is 8.42. The van der Waals surface area contributed by atoms with Crippen molar-refractivity contribution in [2.45, 2.75) is 0 Å². The molecule has 0 aliphatic heterocycles. The minimum atomic E-state index is -0.840. The summed E-state index contributed by atoms with van der Waals surface area (Å²) in [5, 5.41) is 0.311. The van der Waals surface area contributed by atoms with Crippen LogP contribution in [0, 0.1) is 0 Å². The smallest absolute Gasteiger partial charge is 0.419 e. The van der Waals surface area contributed by atoms with Crippen molar-refractivity contribution in [1.82, 2.24) is 4.98 Å². The largest absolute Gasteiger partial charge is 0.495 e. The van der Waals surface area contributed by atoms with Crippen molar-refractivity contribution in [3.63, 3.8) is 0 Å². The van der Waals surface area contributed by atoms with Gasteiger partial charge in [-0.1, -0.05) is 11.6 Å². The molecule has 0 atom stereocenters. The van der Waals surface area contributed by atoms with E-state index in [0.29, 0.717) is 5.75 Å². The molecule has 0 fully saturated rings. The van der Waals surface area contributed by atoms with Crippen molar-refractivity contribution < 1.29 is 9.15 Å². The molecule has 1 heterocycles. The molecule has 0 aliphatic carbocycles. The highest BCUT2D eigenvalue weighted by atomic mass is 35.5. The van der Waals surface area contributed by atoms with Gasteiger partial charge in [0, 0.05) is 0 Å². The molecule has 0 bridgehead atoms. The van der Waals surface area contributed by atoms with E-state index in [1.165, 1.54) is 13.2 Å². The second-order valence-corrected chi connectivity index (χ2v) is 3.21. The average Bonchev–Trinajstić information content (AvgIpc) is 2.17. The van der Waals surface area contributed by atoms with Gasteiger partial charge >= 0.3 is 11.4 Å². The van der Waals surface area contributed by atoms with Crippen LogP contribution in [0.4, 0.5) is 0 Å². The van der Waals surface area contributed by atoms with E-state index in [2.05, 4.69) is 9.40 Å². The van der Waals surface area contributed by atoms with Crippen molar-refractivity contribution in [3.8, 4) is 5.75 Å². The van der Waals surface area contributed by atoms with Crippen molar-refractivity contribution in [3.05, 3.63) is 38.1 Å². The lowest BCUT2D eigenvalue weighted by molar-refractivity contribution is 0.415. The SMILES string of the molecule is COc1ccc(Cl)c2c(=O)oc(=O)[nH]c12. The van der Waals surface area contributed by atoms with Crippen LogP contribution in [0.15, 0.2) is 26.1 Å². The summed E-state index contributed by atoms with van der Waals surface area (Å²) in [5.74, 6) is -0.479. The third-order valence-corrected chi connectivity index (χ3v) is 2.27. The van der Waals surface area contributed by atoms with E-state index in [0.717, 1.165) is 0 Å². The van der Waals surface area contributed by atoms with Gasteiger partial charge in [-0.25, -0.2) is 9.59 Å². The number of ether oxygens (including phenoxy) is 1. The van der Waals surface area contributed by atoms with Gasteiger partial charge in [0.1, 0.15) is 16.7 Å². The lowest BCUT2D eigenvalue weighted by Crippen LogP contribution is -2.15. The van der Waals surface area contributed by atoms with Gasteiger partial charge in [0.05, 0.1) is 12.1 Å². The molecule has 0 spiro atoms. The lowest BCUT2D eigenvalue weighted by Gasteiger charge is -2.04. The summed E-state index contributed by atoms with van der Waals surface area (Å²) in [4.78, 5) is 24.7. The van der Waals surface area contributed by atoms with Gasteiger partial charge in [-0.2, -0.15) is 0 Å². The van der Waals surface area contributed by atoms with Gasteiger partial charge in [0.25, 0.3) is 0 Å². The monoisotopic (exact) mass is 227 g/mol. The van der Waals surface area contributed by atoms with Gasteiger partial charge in [-0.05, 0) is 12.1 Å². The van der Waals surface area contributed by atoms with Crippen LogP contribution in [0.2, 0.25) is 5.02 Å². The number of halogens is 1. The predicted octanol–water partition coefficient (Wildman–Crippen LogP) is 1.14. The van der Waals surface area contributed by atoms with Crippen LogP contribution in [0.1, 0.15) is 0 Å². The number of rotatable bonds is 1. The van der Waals surface area contributed by atoms with Gasteiger partial charge in [0.2, 0.25) is 0 Å². The summed E-state index contributed by atoms with van der Waals surface area (Å²) in [6, 6.07) is 3.05. The van der Waals surface area contributed by atoms with E-state index in [1.54, 1.807) is 6.07 Å². The molecule has 0 saturated carbocycles. The van der Waals surface area contributed by atoms with E-state index >= 15 is 0 Å². The molecule has 1 N–H and O–H groups in total. The molecule has 0 aliphatic rings. The maximum atomic E-state index is 11.4. The van der Waals surface area contributed by atoms with Crippen LogP contribution < -0.4 is 16.1 Å². The van der Waals surface area contributed by atoms with Crippen LogP contribution in [0.5, 0.6) is 5.75 Å². The Hall–Kier alpha value is -1.75. The number of benzene rings is 1. The van der Waals surface area contributed by atoms with E-state index in [9.17, 15) is 9.59 Å². The number of fused-ring (bicyclic) bond motifs is 1. The summed E-state index contributed by atoms with van der Waals surface area (Å²) < 4.78 is 9.35. The Bertz CT molecular complexity index is 628. The third-order valence-electron chi connectivity index (χ3n) is 1.95. The zero-order valence-electron chi connectivity index (χ0n) is 7.67. The standard InChI is InChI=1S/C9H6ClNO4/c1-14-5-3-2-4(10)6-7(5)11-9(13)15-8(6)12/h2-3H,1H3,(H,11,13). The number of H-pyrrole nitrogens is 1. The highest BCUT2D eigenvalue weighted by Crippen LogP contribution is 2.26. The Morgan fingerprint density at radius 3 is 2.80 bits per heavy atom. The fraction of sp³-hybridized carbons (Fsp3) is 0.111. The second kappa shape index (κ2) is 3.43. The van der Waals surface area contributed by atoms with E-state index in [4.69, 9.17) is 16.3 Å². The maximum absolute atomic E-state index is 11.4. The van der Waals surface area contributed by atoms with Gasteiger partial charge < -0.3 is 9.15 Å².